The maximum absolute atomic E-state index is 12.9. The summed E-state index contributed by atoms with van der Waals surface area (Å²) in [7, 11) is 0. The standard InChI is InChI=1S/C35H37F3N8OS/c1-3-32(47)43-24-7-4-22(5-8-24)30(40)19-46-26(17-39)14-28-21(2)23(6-9-31(28)46)18-45-12-10-25(11-13-45)44-33-29-15-27(16-35(36,37)38)48-34(29)42-20-41-33/h3-9,14-15,20,25,30,32,43,47H,1,10-13,16,18-19,40H2,2H3,(H,41,42,44). The monoisotopic (exact) mass is 674 g/mol. The number of nitrogens with zero attached hydrogens (tertiary/aromatic N) is 5. The van der Waals surface area contributed by atoms with Crippen LogP contribution in [-0.2, 0) is 19.5 Å². The van der Waals surface area contributed by atoms with Crippen molar-refractivity contribution in [2.75, 3.05) is 23.7 Å². The largest absolute Gasteiger partial charge is 0.393 e. The van der Waals surface area contributed by atoms with E-state index in [9.17, 15) is 23.5 Å². The summed E-state index contributed by atoms with van der Waals surface area (Å²) in [6.45, 7) is 8.56. The van der Waals surface area contributed by atoms with E-state index in [2.05, 4.69) is 57.2 Å². The molecule has 1 saturated heterocycles. The van der Waals surface area contributed by atoms with Crippen molar-refractivity contribution in [3.8, 4) is 6.07 Å². The third-order valence-corrected chi connectivity index (χ3v) is 9.96. The van der Waals surface area contributed by atoms with Gasteiger partial charge in [-0.05, 0) is 72.9 Å². The summed E-state index contributed by atoms with van der Waals surface area (Å²) in [5.74, 6) is 0.583. The molecule has 5 N–H and O–H groups in total. The van der Waals surface area contributed by atoms with Gasteiger partial charge in [0.05, 0.1) is 11.8 Å². The number of nitriles is 1. The molecule has 1 fully saturated rings. The highest BCUT2D eigenvalue weighted by atomic mass is 32.1. The Morgan fingerprint density at radius 2 is 1.90 bits per heavy atom. The van der Waals surface area contributed by atoms with Crippen LogP contribution in [0.2, 0.25) is 0 Å². The number of aliphatic hydroxyl groups is 1. The Balaban J connectivity index is 1.10. The molecule has 4 heterocycles. The van der Waals surface area contributed by atoms with Crippen LogP contribution in [0.25, 0.3) is 21.1 Å². The summed E-state index contributed by atoms with van der Waals surface area (Å²) in [6, 6.07) is 17.4. The van der Waals surface area contributed by atoms with Gasteiger partial charge in [0.2, 0.25) is 0 Å². The second kappa shape index (κ2) is 13.9. The summed E-state index contributed by atoms with van der Waals surface area (Å²) >= 11 is 1.06. The lowest BCUT2D eigenvalue weighted by Gasteiger charge is -2.33. The molecule has 2 atom stereocenters. The number of likely N-dealkylation sites (tertiary alicyclic amines) is 1. The highest BCUT2D eigenvalue weighted by Crippen LogP contribution is 2.34. The number of alkyl halides is 3. The van der Waals surface area contributed by atoms with E-state index in [0.717, 1.165) is 71.5 Å². The summed E-state index contributed by atoms with van der Waals surface area (Å²) < 4.78 is 40.8. The number of thiophene rings is 1. The van der Waals surface area contributed by atoms with Crippen LogP contribution in [0, 0.1) is 18.3 Å². The Hall–Kier alpha value is -4.48. The predicted octanol–water partition coefficient (Wildman–Crippen LogP) is 6.62. The SMILES string of the molecule is C=CC(O)Nc1ccc(C(N)Cn2c(C#N)cc3c(C)c(CN4CCC(Nc5ncnc6sc(CC(F)(F)F)cc56)CC4)ccc32)cc1. The number of nitrogens with two attached hydrogens (primary N) is 1. The van der Waals surface area contributed by atoms with Crippen LogP contribution in [0.15, 0.2) is 67.5 Å². The third-order valence-electron chi connectivity index (χ3n) is 8.91. The first-order valence-corrected chi connectivity index (χ1v) is 16.6. The molecule has 9 nitrogen and oxygen atoms in total. The van der Waals surface area contributed by atoms with Gasteiger partial charge in [-0.1, -0.05) is 24.8 Å². The van der Waals surface area contributed by atoms with E-state index in [0.29, 0.717) is 28.3 Å². The fourth-order valence-corrected chi connectivity index (χ4v) is 7.34. The maximum atomic E-state index is 12.9. The number of rotatable bonds is 11. The zero-order valence-corrected chi connectivity index (χ0v) is 27.3. The van der Waals surface area contributed by atoms with E-state index in [1.54, 1.807) is 6.07 Å². The van der Waals surface area contributed by atoms with Crippen molar-refractivity contribution in [3.05, 3.63) is 94.8 Å². The van der Waals surface area contributed by atoms with Crippen LogP contribution in [0.5, 0.6) is 0 Å². The maximum Gasteiger partial charge on any atom is 0.393 e. The number of aryl methyl sites for hydroxylation is 1. The zero-order valence-electron chi connectivity index (χ0n) is 26.5. The molecule has 48 heavy (non-hydrogen) atoms. The van der Waals surface area contributed by atoms with Gasteiger partial charge in [0.25, 0.3) is 0 Å². The van der Waals surface area contributed by atoms with Gasteiger partial charge in [0.1, 0.15) is 35.0 Å². The summed E-state index contributed by atoms with van der Waals surface area (Å²) in [4.78, 5) is 11.7. The molecule has 0 spiro atoms. The van der Waals surface area contributed by atoms with E-state index in [1.807, 2.05) is 34.9 Å². The van der Waals surface area contributed by atoms with Crippen molar-refractivity contribution in [2.45, 2.75) is 63.8 Å². The highest BCUT2D eigenvalue weighted by Gasteiger charge is 2.29. The highest BCUT2D eigenvalue weighted by molar-refractivity contribution is 7.18. The van der Waals surface area contributed by atoms with Crippen molar-refractivity contribution >= 4 is 44.0 Å². The molecule has 13 heteroatoms. The topological polar surface area (TPSA) is 128 Å². The van der Waals surface area contributed by atoms with Gasteiger partial charge in [0, 0.05) is 59.7 Å². The van der Waals surface area contributed by atoms with Crippen molar-refractivity contribution in [1.29, 1.82) is 5.26 Å². The van der Waals surface area contributed by atoms with E-state index < -0.39 is 18.8 Å². The number of halogens is 3. The number of benzene rings is 2. The molecule has 0 saturated carbocycles. The van der Waals surface area contributed by atoms with E-state index in [-0.39, 0.29) is 17.0 Å². The Morgan fingerprint density at radius 1 is 1.15 bits per heavy atom. The van der Waals surface area contributed by atoms with Crippen molar-refractivity contribution in [1.82, 2.24) is 19.4 Å². The van der Waals surface area contributed by atoms with Crippen LogP contribution in [0.4, 0.5) is 24.7 Å². The first-order chi connectivity index (χ1) is 23.0. The second-order valence-corrected chi connectivity index (χ2v) is 13.3. The van der Waals surface area contributed by atoms with Crippen LogP contribution in [0.3, 0.4) is 0 Å². The lowest BCUT2D eigenvalue weighted by molar-refractivity contribution is -0.126. The number of nitrogens with one attached hydrogen (secondary N) is 2. The quantitative estimate of drug-likeness (QED) is 0.0909. The van der Waals surface area contributed by atoms with Gasteiger partial charge >= 0.3 is 6.18 Å². The molecule has 0 aliphatic carbocycles. The molecule has 0 bridgehead atoms. The van der Waals surface area contributed by atoms with Crippen LogP contribution >= 0.6 is 11.3 Å². The Morgan fingerprint density at radius 3 is 2.58 bits per heavy atom. The van der Waals surface area contributed by atoms with Crippen LogP contribution < -0.4 is 16.4 Å². The number of hydrogen-bond donors (Lipinski definition) is 4. The molecular weight excluding hydrogens is 638 g/mol. The van der Waals surface area contributed by atoms with Gasteiger partial charge in [0.15, 0.2) is 0 Å². The number of anilines is 2. The molecule has 0 radical (unpaired) electrons. The van der Waals surface area contributed by atoms with Gasteiger partial charge in [-0.15, -0.1) is 11.3 Å². The summed E-state index contributed by atoms with van der Waals surface area (Å²) in [5.41, 5.74) is 12.1. The number of aromatic nitrogens is 3. The fourth-order valence-electron chi connectivity index (χ4n) is 6.32. The van der Waals surface area contributed by atoms with E-state index in [4.69, 9.17) is 5.73 Å². The zero-order chi connectivity index (χ0) is 34.0. The molecule has 2 aromatic carbocycles. The number of aliphatic hydroxyl groups excluding tert-OH is 1. The molecule has 250 valence electrons. The van der Waals surface area contributed by atoms with E-state index >= 15 is 0 Å². The minimum Gasteiger partial charge on any atom is -0.370 e. The molecular formula is C35H37F3N8OS. The fraction of sp³-hybridized carbons (Fsp3) is 0.343. The van der Waals surface area contributed by atoms with Gasteiger partial charge in [-0.2, -0.15) is 18.4 Å². The smallest absolute Gasteiger partial charge is 0.370 e. The van der Waals surface area contributed by atoms with E-state index in [1.165, 1.54) is 18.0 Å². The molecule has 6 rings (SSSR count). The molecule has 0 amide bonds. The van der Waals surface area contributed by atoms with Crippen molar-refractivity contribution in [3.63, 3.8) is 0 Å². The Kier molecular flexibility index (Phi) is 9.70. The molecule has 2 unspecified atom stereocenters. The Bertz CT molecular complexity index is 1960. The average molecular weight is 675 g/mol. The molecule has 5 aromatic rings. The minimum atomic E-state index is -4.27. The van der Waals surface area contributed by atoms with Crippen molar-refractivity contribution < 1.29 is 18.3 Å². The Labute approximate surface area is 280 Å². The number of fused-ring (bicyclic) bond motifs is 2. The van der Waals surface area contributed by atoms with Crippen molar-refractivity contribution in [2.24, 2.45) is 5.73 Å². The minimum absolute atomic E-state index is 0.150. The lowest BCUT2D eigenvalue weighted by Crippen LogP contribution is -2.39. The first-order valence-electron chi connectivity index (χ1n) is 15.7. The second-order valence-electron chi connectivity index (χ2n) is 12.2. The first kappa shape index (κ1) is 33.4. The van der Waals surface area contributed by atoms with Crippen LogP contribution in [-0.4, -0.2) is 56.1 Å². The normalized spacial score (nSPS) is 15.8. The third kappa shape index (κ3) is 7.47. The average Bonchev–Trinajstić information content (AvgIpc) is 3.64. The van der Waals surface area contributed by atoms with Crippen LogP contribution in [0.1, 0.15) is 46.1 Å². The predicted molar refractivity (Wildman–Crippen MR) is 184 cm³/mol. The summed E-state index contributed by atoms with van der Waals surface area (Å²) in [6.07, 6.45) is -1.54. The summed E-state index contributed by atoms with van der Waals surface area (Å²) in [5, 5.41) is 27.8. The number of piperidine rings is 1. The molecule has 1 aliphatic rings. The van der Waals surface area contributed by atoms with Gasteiger partial charge in [-0.3, -0.25) is 4.90 Å². The van der Waals surface area contributed by atoms with Gasteiger partial charge in [-0.25, -0.2) is 9.97 Å². The number of hydrogen-bond acceptors (Lipinski definition) is 9. The van der Waals surface area contributed by atoms with Gasteiger partial charge < -0.3 is 26.0 Å². The molecule has 3 aromatic heterocycles. The lowest BCUT2D eigenvalue weighted by atomic mass is 10.0. The molecule has 1 aliphatic heterocycles.